The third-order valence-electron chi connectivity index (χ3n) is 1.77. The maximum Gasteiger partial charge on any atom is 1.00 e. The van der Waals surface area contributed by atoms with E-state index >= 15 is 0 Å². The van der Waals surface area contributed by atoms with Crippen LogP contribution < -0.4 is 34.7 Å². The zero-order valence-corrected chi connectivity index (χ0v) is 22.8. The summed E-state index contributed by atoms with van der Waals surface area (Å²) in [7, 11) is 0. The predicted molar refractivity (Wildman–Crippen MR) is 94.0 cm³/mol. The Balaban J connectivity index is -0.0000000481. The normalized spacial score (nSPS) is 12.8. The number of aliphatic hydroxyl groups is 5. The molecule has 5 unspecified atom stereocenters. The summed E-state index contributed by atoms with van der Waals surface area (Å²) in [4.78, 5) is 47.1. The van der Waals surface area contributed by atoms with Crippen molar-refractivity contribution in [2.75, 3.05) is 0 Å². The molecule has 0 aromatic carbocycles. The van der Waals surface area contributed by atoms with Gasteiger partial charge < -0.3 is 55.9 Å². The smallest absolute Gasteiger partial charge is 0.547 e. The van der Waals surface area contributed by atoms with Crippen LogP contribution in [0.2, 0.25) is 0 Å². The van der Waals surface area contributed by atoms with Crippen LogP contribution in [0.4, 0.5) is 0 Å². The van der Waals surface area contributed by atoms with Crippen LogP contribution in [0.1, 0.15) is 34.6 Å². The van der Waals surface area contributed by atoms with E-state index in [1.165, 1.54) is 27.7 Å². The average Bonchev–Trinajstić information content (AvgIpc) is 2.56. The first-order chi connectivity index (χ1) is 13.2. The Morgan fingerprint density at radius 2 is 0.562 bits per heavy atom. The van der Waals surface area contributed by atoms with Crippen LogP contribution in [0.5, 0.6) is 0 Å². The number of hydrogen-bond donors (Lipinski definition) is 9. The molecule has 0 bridgehead atoms. The molecule has 0 aromatic rings. The van der Waals surface area contributed by atoms with Gasteiger partial charge in [0.25, 0.3) is 0 Å². The largest absolute Gasteiger partial charge is 1.00 e. The fraction of sp³-hybridized carbons (Fsp3) is 0.667. The predicted octanol–water partition coefficient (Wildman–Crippen LogP) is -7.07. The summed E-state index contributed by atoms with van der Waals surface area (Å²) >= 11 is 0. The monoisotopic (exact) mass is 562 g/mol. The number of aliphatic carboxylic acids is 5. The van der Waals surface area contributed by atoms with Crippen LogP contribution >= 0.6 is 0 Å². The van der Waals surface area contributed by atoms with Gasteiger partial charge in [-0.2, -0.15) is 0 Å². The van der Waals surface area contributed by atoms with E-state index in [-0.39, 0.29) is 55.8 Å². The van der Waals surface area contributed by atoms with Gasteiger partial charge in [-0.25, -0.2) is 19.2 Å². The molecule has 0 saturated carbocycles. The summed E-state index contributed by atoms with van der Waals surface area (Å²) in [5.74, 6) is -6.18. The Labute approximate surface area is 224 Å². The zero-order valence-electron chi connectivity index (χ0n) is 18.4. The van der Waals surface area contributed by atoms with E-state index < -0.39 is 60.4 Å². The molecule has 0 radical (unpaired) electrons. The molecule has 0 heterocycles. The molecular weight excluding hydrogens is 534 g/mol. The molecule has 32 heavy (non-hydrogen) atoms. The van der Waals surface area contributed by atoms with E-state index in [0.717, 1.165) is 6.92 Å². The quantitative estimate of drug-likeness (QED) is 0.140. The van der Waals surface area contributed by atoms with Crippen molar-refractivity contribution >= 4 is 29.8 Å². The summed E-state index contributed by atoms with van der Waals surface area (Å²) in [5.41, 5.74) is 0. The standard InChI is InChI=1S/5C3H6O3.Na.Zr/c5*1-2(4)3(5)6;;/h5*2,4H,1H3,(H,5,6);;/q;;;;;+1;/p-1. The first-order valence-electron chi connectivity index (χ1n) is 7.74. The van der Waals surface area contributed by atoms with Crippen LogP contribution in [0.25, 0.3) is 0 Å². The topological polar surface area (TPSA) is 290 Å². The van der Waals surface area contributed by atoms with E-state index in [1.54, 1.807) is 0 Å². The van der Waals surface area contributed by atoms with E-state index in [2.05, 4.69) is 0 Å². The van der Waals surface area contributed by atoms with E-state index in [4.69, 9.17) is 46.0 Å². The first-order valence-corrected chi connectivity index (χ1v) is 7.74. The van der Waals surface area contributed by atoms with Gasteiger partial charge >= 0.3 is 53.4 Å². The minimum absolute atomic E-state index is 0. The number of hydrogen-bond acceptors (Lipinski definition) is 11. The van der Waals surface area contributed by atoms with Crippen LogP contribution in [0.15, 0.2) is 0 Å². The van der Waals surface area contributed by atoms with E-state index in [1.807, 2.05) is 0 Å². The van der Waals surface area contributed by atoms with Crippen LogP contribution in [0, 0.1) is 0 Å². The SMILES string of the molecule is CC(O)C(=O)O.CC(O)C(=O)O.CC(O)C(=O)O.CC(O)C(=O)O.CC(O)C(=O)[O-].[Na+].[Zr]. The maximum atomic E-state index is 9.45. The van der Waals surface area contributed by atoms with Gasteiger partial charge in [0.05, 0.1) is 12.1 Å². The summed E-state index contributed by atoms with van der Waals surface area (Å²) in [6.07, 6.45) is -6.27. The summed E-state index contributed by atoms with van der Waals surface area (Å²) in [6, 6.07) is 0. The molecule has 5 atom stereocenters. The van der Waals surface area contributed by atoms with Gasteiger partial charge in [0.15, 0.2) is 0 Å². The third-order valence-corrected chi connectivity index (χ3v) is 1.77. The molecule has 0 aliphatic rings. The first kappa shape index (κ1) is 48.5. The van der Waals surface area contributed by atoms with Crippen molar-refractivity contribution in [1.29, 1.82) is 0 Å². The van der Waals surface area contributed by atoms with Crippen molar-refractivity contribution in [3.05, 3.63) is 0 Å². The Morgan fingerprint density at radius 3 is 0.562 bits per heavy atom. The van der Waals surface area contributed by atoms with Crippen molar-refractivity contribution in [1.82, 2.24) is 0 Å². The Kier molecular flexibility index (Phi) is 45.5. The molecule has 0 aliphatic carbocycles. The Hall–Kier alpha value is -0.967. The molecule has 17 heteroatoms. The second-order valence-electron chi connectivity index (χ2n) is 5.05. The summed E-state index contributed by atoms with van der Waals surface area (Å²) in [5, 5.41) is 80.4. The van der Waals surface area contributed by atoms with Gasteiger partial charge in [-0.1, -0.05) is 0 Å². The van der Waals surface area contributed by atoms with Crippen molar-refractivity contribution in [3.63, 3.8) is 0 Å². The number of carbonyl (C=O) groups is 5. The van der Waals surface area contributed by atoms with Gasteiger partial charge in [0, 0.05) is 26.2 Å². The van der Waals surface area contributed by atoms with E-state index in [0.29, 0.717) is 0 Å². The second kappa shape index (κ2) is 30.0. The van der Waals surface area contributed by atoms with Crippen molar-refractivity contribution in [2.45, 2.75) is 65.1 Å². The molecule has 184 valence electrons. The fourth-order valence-electron chi connectivity index (χ4n) is 0. The molecule has 0 saturated heterocycles. The van der Waals surface area contributed by atoms with Crippen LogP contribution in [0.3, 0.4) is 0 Å². The summed E-state index contributed by atoms with van der Waals surface area (Å²) in [6.45, 7) is 5.92. The van der Waals surface area contributed by atoms with Gasteiger partial charge in [-0.05, 0) is 34.6 Å². The van der Waals surface area contributed by atoms with Crippen LogP contribution in [-0.2, 0) is 50.2 Å². The molecule has 15 nitrogen and oxygen atoms in total. The fourth-order valence-corrected chi connectivity index (χ4v) is 0. The second-order valence-corrected chi connectivity index (χ2v) is 5.05. The number of carboxylic acids is 5. The molecule has 0 rings (SSSR count). The third kappa shape index (κ3) is 63.0. The molecule has 0 aromatic heterocycles. The van der Waals surface area contributed by atoms with Gasteiger partial charge in [-0.15, -0.1) is 0 Å². The van der Waals surface area contributed by atoms with Crippen LogP contribution in [-0.4, -0.2) is 106 Å². The Bertz CT molecular complexity index is 403. The number of carboxylic acid groups (broad SMARTS) is 5. The molecular formula is C15H29NaO15Zr. The van der Waals surface area contributed by atoms with Gasteiger partial charge in [-0.3, -0.25) is 0 Å². The minimum atomic E-state index is -1.44. The average molecular weight is 564 g/mol. The maximum absolute atomic E-state index is 9.45. The summed E-state index contributed by atoms with van der Waals surface area (Å²) < 4.78 is 0. The molecule has 0 aliphatic heterocycles. The molecule has 0 amide bonds. The van der Waals surface area contributed by atoms with Gasteiger partial charge in [0.1, 0.15) is 24.4 Å². The Morgan fingerprint density at radius 1 is 0.500 bits per heavy atom. The van der Waals surface area contributed by atoms with Gasteiger partial charge in [0.2, 0.25) is 0 Å². The minimum Gasteiger partial charge on any atom is -0.547 e. The zero-order chi connectivity index (χ0) is 25.8. The number of rotatable bonds is 5. The van der Waals surface area contributed by atoms with Crippen molar-refractivity contribution in [2.24, 2.45) is 0 Å². The van der Waals surface area contributed by atoms with E-state index in [9.17, 15) is 29.1 Å². The number of carbonyl (C=O) groups excluding carboxylic acids is 1. The molecule has 0 spiro atoms. The molecule has 9 N–H and O–H groups in total. The van der Waals surface area contributed by atoms with Crippen molar-refractivity contribution in [3.8, 4) is 0 Å². The van der Waals surface area contributed by atoms with Crippen molar-refractivity contribution < 1.29 is 131 Å². The number of aliphatic hydroxyl groups excluding tert-OH is 5. The molecule has 0 fully saturated rings.